The summed E-state index contributed by atoms with van der Waals surface area (Å²) in [6, 6.07) is 9.57. The Bertz CT molecular complexity index is 725. The van der Waals surface area contributed by atoms with Gasteiger partial charge >= 0.3 is 0 Å². The van der Waals surface area contributed by atoms with Gasteiger partial charge in [-0.2, -0.15) is 0 Å². The predicted octanol–water partition coefficient (Wildman–Crippen LogP) is 2.65. The van der Waals surface area contributed by atoms with E-state index in [0.717, 1.165) is 32.7 Å². The third kappa shape index (κ3) is 4.31. The third-order valence-corrected chi connectivity index (χ3v) is 6.27. The Balaban J connectivity index is 1.20. The van der Waals surface area contributed by atoms with Crippen LogP contribution >= 0.6 is 11.3 Å². The van der Waals surface area contributed by atoms with E-state index in [4.69, 9.17) is 0 Å². The highest BCUT2D eigenvalue weighted by Gasteiger charge is 2.27. The van der Waals surface area contributed by atoms with Crippen LogP contribution in [0.4, 0.5) is 5.13 Å². The highest BCUT2D eigenvalue weighted by molar-refractivity contribution is 7.13. The number of piperazine rings is 1. The molecule has 5 nitrogen and oxygen atoms in total. The maximum Gasteiger partial charge on any atom is 0.227 e. The van der Waals surface area contributed by atoms with Crippen LogP contribution in [-0.4, -0.2) is 59.5 Å². The summed E-state index contributed by atoms with van der Waals surface area (Å²) in [4.78, 5) is 21.2. The number of nitrogens with one attached hydrogen (secondary N) is 1. The molecule has 0 saturated carbocycles. The van der Waals surface area contributed by atoms with Gasteiger partial charge in [-0.3, -0.25) is 9.69 Å². The molecule has 1 saturated heterocycles. The van der Waals surface area contributed by atoms with E-state index in [1.54, 1.807) is 6.20 Å². The highest BCUT2D eigenvalue weighted by Crippen LogP contribution is 2.25. The van der Waals surface area contributed by atoms with E-state index in [1.807, 2.05) is 5.38 Å². The standard InChI is InChI=1S/C20H26N4OS/c25-19(22-20-21-8-14-26-20)7-9-23-10-12-24(13-11-23)18-6-5-16-3-1-2-4-17(16)15-18/h1-4,8,14,18H,5-7,9-13,15H2,(H,21,22,25). The summed E-state index contributed by atoms with van der Waals surface area (Å²) < 4.78 is 0. The number of carbonyl (C=O) groups excluding carboxylic acids is 1. The van der Waals surface area contributed by atoms with E-state index >= 15 is 0 Å². The van der Waals surface area contributed by atoms with Crippen LogP contribution in [0.3, 0.4) is 0 Å². The van der Waals surface area contributed by atoms with Crippen molar-refractivity contribution in [2.24, 2.45) is 0 Å². The SMILES string of the molecule is O=C(CCN1CCN(C2CCc3ccccc3C2)CC1)Nc1nccs1. The summed E-state index contributed by atoms with van der Waals surface area (Å²) in [6.45, 7) is 5.17. The quantitative estimate of drug-likeness (QED) is 0.879. The van der Waals surface area contributed by atoms with Gasteiger partial charge in [-0.25, -0.2) is 4.98 Å². The number of rotatable bonds is 5. The molecule has 4 rings (SSSR count). The Hall–Kier alpha value is -1.76. The molecule has 1 unspecified atom stereocenters. The first-order chi connectivity index (χ1) is 12.8. The van der Waals surface area contributed by atoms with E-state index in [2.05, 4.69) is 44.4 Å². The van der Waals surface area contributed by atoms with E-state index in [-0.39, 0.29) is 5.91 Å². The Kier molecular flexibility index (Phi) is 5.62. The molecule has 1 aliphatic carbocycles. The van der Waals surface area contributed by atoms with Crippen molar-refractivity contribution < 1.29 is 4.79 Å². The Morgan fingerprint density at radius 2 is 2.00 bits per heavy atom. The largest absolute Gasteiger partial charge is 0.302 e. The van der Waals surface area contributed by atoms with Crippen molar-refractivity contribution in [3.8, 4) is 0 Å². The number of amides is 1. The number of anilines is 1. The molecule has 6 heteroatoms. The van der Waals surface area contributed by atoms with Crippen molar-refractivity contribution in [1.29, 1.82) is 0 Å². The molecular formula is C20H26N4OS. The van der Waals surface area contributed by atoms with Crippen LogP contribution in [-0.2, 0) is 17.6 Å². The minimum Gasteiger partial charge on any atom is -0.302 e. The first-order valence-electron chi connectivity index (χ1n) is 9.50. The Labute approximate surface area is 159 Å². The molecule has 1 N–H and O–H groups in total. The second kappa shape index (κ2) is 8.29. The molecule has 0 radical (unpaired) electrons. The molecule has 138 valence electrons. The summed E-state index contributed by atoms with van der Waals surface area (Å²) in [5, 5.41) is 5.43. The number of fused-ring (bicyclic) bond motifs is 1. The Morgan fingerprint density at radius 3 is 2.77 bits per heavy atom. The number of aryl methyl sites for hydroxylation is 1. The molecule has 0 spiro atoms. The number of carbonyl (C=O) groups is 1. The second-order valence-electron chi connectivity index (χ2n) is 7.18. The van der Waals surface area contributed by atoms with Crippen LogP contribution in [0.15, 0.2) is 35.8 Å². The van der Waals surface area contributed by atoms with Crippen LogP contribution in [0, 0.1) is 0 Å². The van der Waals surface area contributed by atoms with Crippen LogP contribution in [0.25, 0.3) is 0 Å². The van der Waals surface area contributed by atoms with E-state index in [9.17, 15) is 4.79 Å². The first-order valence-corrected chi connectivity index (χ1v) is 10.4. The van der Waals surface area contributed by atoms with Gasteiger partial charge in [0.2, 0.25) is 5.91 Å². The molecule has 1 aliphatic heterocycles. The lowest BCUT2D eigenvalue weighted by molar-refractivity contribution is -0.116. The number of hydrogen-bond donors (Lipinski definition) is 1. The summed E-state index contributed by atoms with van der Waals surface area (Å²) in [5.74, 6) is 0.0614. The van der Waals surface area contributed by atoms with E-state index in [0.29, 0.717) is 17.6 Å². The fraction of sp³-hybridized carbons (Fsp3) is 0.500. The molecule has 1 amide bonds. The smallest absolute Gasteiger partial charge is 0.227 e. The van der Waals surface area contributed by atoms with Gasteiger partial charge in [0.15, 0.2) is 5.13 Å². The number of thiazole rings is 1. The zero-order chi connectivity index (χ0) is 17.8. The molecule has 2 heterocycles. The van der Waals surface area contributed by atoms with Gasteiger partial charge in [-0.15, -0.1) is 11.3 Å². The average Bonchev–Trinajstić information content (AvgIpc) is 3.19. The van der Waals surface area contributed by atoms with Crippen molar-refractivity contribution in [1.82, 2.24) is 14.8 Å². The highest BCUT2D eigenvalue weighted by atomic mass is 32.1. The van der Waals surface area contributed by atoms with Gasteiger partial charge in [0.05, 0.1) is 0 Å². The van der Waals surface area contributed by atoms with E-state index < -0.39 is 0 Å². The summed E-state index contributed by atoms with van der Waals surface area (Å²) in [5.41, 5.74) is 3.07. The van der Waals surface area contributed by atoms with Gasteiger partial charge in [0.25, 0.3) is 0 Å². The normalized spacial score (nSPS) is 21.3. The number of hydrogen-bond acceptors (Lipinski definition) is 5. The molecule has 2 aromatic rings. The second-order valence-corrected chi connectivity index (χ2v) is 8.07. The average molecular weight is 371 g/mol. The molecule has 1 aromatic heterocycles. The zero-order valence-corrected chi connectivity index (χ0v) is 15.9. The van der Waals surface area contributed by atoms with Crippen molar-refractivity contribution >= 4 is 22.4 Å². The van der Waals surface area contributed by atoms with Crippen molar-refractivity contribution in [3.05, 3.63) is 47.0 Å². The van der Waals surface area contributed by atoms with Crippen molar-refractivity contribution in [2.45, 2.75) is 31.7 Å². The summed E-state index contributed by atoms with van der Waals surface area (Å²) in [7, 11) is 0. The van der Waals surface area contributed by atoms with Crippen molar-refractivity contribution in [2.75, 3.05) is 38.0 Å². The number of nitrogens with zero attached hydrogens (tertiary/aromatic N) is 3. The summed E-state index contributed by atoms with van der Waals surface area (Å²) in [6.07, 6.45) is 5.91. The van der Waals surface area contributed by atoms with Crippen molar-refractivity contribution in [3.63, 3.8) is 0 Å². The molecular weight excluding hydrogens is 344 g/mol. The lowest BCUT2D eigenvalue weighted by Gasteiger charge is -2.41. The lowest BCUT2D eigenvalue weighted by Crippen LogP contribution is -2.52. The topological polar surface area (TPSA) is 48.5 Å². The number of benzene rings is 1. The molecule has 1 fully saturated rings. The van der Waals surface area contributed by atoms with Gasteiger partial charge in [-0.05, 0) is 30.4 Å². The van der Waals surface area contributed by atoms with Gasteiger partial charge in [0.1, 0.15) is 0 Å². The number of aromatic nitrogens is 1. The van der Waals surface area contributed by atoms with E-state index in [1.165, 1.54) is 41.7 Å². The monoisotopic (exact) mass is 370 g/mol. The van der Waals surface area contributed by atoms with Crippen LogP contribution < -0.4 is 5.32 Å². The summed E-state index contributed by atoms with van der Waals surface area (Å²) >= 11 is 1.46. The molecule has 1 atom stereocenters. The maximum absolute atomic E-state index is 12.0. The fourth-order valence-corrected chi connectivity index (χ4v) is 4.61. The molecule has 26 heavy (non-hydrogen) atoms. The molecule has 1 aromatic carbocycles. The lowest BCUT2D eigenvalue weighted by atomic mass is 9.87. The maximum atomic E-state index is 12.0. The molecule has 0 bridgehead atoms. The van der Waals surface area contributed by atoms with Gasteiger partial charge in [-0.1, -0.05) is 24.3 Å². The van der Waals surface area contributed by atoms with Gasteiger partial charge < -0.3 is 10.2 Å². The zero-order valence-electron chi connectivity index (χ0n) is 15.1. The fourth-order valence-electron chi connectivity index (χ4n) is 4.07. The Morgan fingerprint density at radius 1 is 1.19 bits per heavy atom. The minimum atomic E-state index is 0.0614. The van der Waals surface area contributed by atoms with Gasteiger partial charge in [0, 0.05) is 56.8 Å². The third-order valence-electron chi connectivity index (χ3n) is 5.58. The predicted molar refractivity (Wildman–Crippen MR) is 106 cm³/mol. The van der Waals surface area contributed by atoms with Crippen LogP contribution in [0.5, 0.6) is 0 Å². The molecule has 2 aliphatic rings. The minimum absolute atomic E-state index is 0.0614. The van der Waals surface area contributed by atoms with Crippen LogP contribution in [0.2, 0.25) is 0 Å². The first kappa shape index (κ1) is 17.6. The van der Waals surface area contributed by atoms with Crippen LogP contribution in [0.1, 0.15) is 24.0 Å².